The van der Waals surface area contributed by atoms with Crippen LogP contribution in [0.4, 0.5) is 0 Å². The average molecular weight is 1220 g/mol. The molecule has 0 radical (unpaired) electrons. The second kappa shape index (κ2) is 40.8. The molecule has 0 saturated heterocycles. The van der Waals surface area contributed by atoms with Gasteiger partial charge in [-0.05, 0) is 260 Å². The zero-order chi connectivity index (χ0) is 68.5. The van der Waals surface area contributed by atoms with Crippen molar-refractivity contribution in [2.45, 2.75) is 166 Å². The lowest BCUT2D eigenvalue weighted by Gasteiger charge is -2.11. The van der Waals surface area contributed by atoms with Crippen LogP contribution in [0.1, 0.15) is 150 Å². The van der Waals surface area contributed by atoms with E-state index in [0.29, 0.717) is 0 Å². The second-order valence-electron chi connectivity index (χ2n) is 21.8. The van der Waals surface area contributed by atoms with Crippen molar-refractivity contribution in [2.75, 3.05) is 0 Å². The van der Waals surface area contributed by atoms with Gasteiger partial charge >= 0.3 is 0 Å². The molecule has 0 atom stereocenters. The van der Waals surface area contributed by atoms with Crippen molar-refractivity contribution in [1.29, 1.82) is 0 Å². The van der Waals surface area contributed by atoms with Crippen LogP contribution in [0, 0.1) is 83.1 Å². The van der Waals surface area contributed by atoms with Gasteiger partial charge in [0.15, 0.2) is 0 Å². The minimum Gasteiger partial charge on any atom is -0.0683 e. The third-order valence-electron chi connectivity index (χ3n) is 16.5. The Kier molecular flexibility index (Phi) is 34.3. The van der Waals surface area contributed by atoms with Crippen LogP contribution in [0.25, 0.3) is 86.2 Å². The van der Waals surface area contributed by atoms with Gasteiger partial charge in [0.1, 0.15) is 0 Å². The molecule has 0 aromatic heterocycles. The molecular formula is C92H112. The van der Waals surface area contributed by atoms with Gasteiger partial charge in [0.05, 0.1) is 0 Å². The van der Waals surface area contributed by atoms with Crippen molar-refractivity contribution in [1.82, 2.24) is 0 Å². The smallest absolute Gasteiger partial charge is 0.0103 e. The van der Waals surface area contributed by atoms with Gasteiger partial charge < -0.3 is 0 Å². The van der Waals surface area contributed by atoms with Crippen LogP contribution in [0.3, 0.4) is 0 Å². The van der Waals surface area contributed by atoms with Crippen LogP contribution in [0.2, 0.25) is 0 Å². The summed E-state index contributed by atoms with van der Waals surface area (Å²) in [4.78, 5) is 0. The van der Waals surface area contributed by atoms with E-state index in [-0.39, 0.29) is 0 Å². The van der Waals surface area contributed by atoms with Crippen molar-refractivity contribution in [3.63, 3.8) is 0 Å². The van der Waals surface area contributed by atoms with Crippen molar-refractivity contribution >= 4 is 86.2 Å². The summed E-state index contributed by atoms with van der Waals surface area (Å²) in [5.74, 6) is 0. The molecule has 0 aliphatic heterocycles. The van der Waals surface area contributed by atoms with Crippen molar-refractivity contribution in [3.8, 4) is 0 Å². The van der Waals surface area contributed by atoms with Gasteiger partial charge in [-0.1, -0.05) is 301 Å². The highest BCUT2D eigenvalue weighted by atomic mass is 14.1. The minimum absolute atomic E-state index is 1.32. The van der Waals surface area contributed by atoms with Gasteiger partial charge in [-0.3, -0.25) is 0 Å². The molecule has 0 nitrogen and oxygen atoms in total. The van der Waals surface area contributed by atoms with Gasteiger partial charge in [0.25, 0.3) is 0 Å². The summed E-state index contributed by atoms with van der Waals surface area (Å²) in [7, 11) is 0. The standard InChI is InChI=1S/3C16H14.2C12H12.C8H10.6C2H6/c1-11-12(2)14-8-4-6-10-16(14)15-9-5-3-7-13(11)15;1-11-7-15-9-13-5-3-4-6-14(13)10-16(15)8-12(11)2;1-11-7-8-15-9-13-5-3-4-6-14(13)10-16(15)12(11)2;1-9-7-11-5-3-4-6-12(11)8-10(9)2;1-9-7-8-11-5-3-4-6-12(11)10(9)2;1-7-5-3-4-6-8(7)2;6*1-2/h3*3-10H,1-2H3;2*3-8H,1-2H3;3-6H,1-2H3;6*1-2H3. The first-order chi connectivity index (χ1) is 44.6. The Hall–Kier alpha value is -8.84. The van der Waals surface area contributed by atoms with Crippen molar-refractivity contribution < 1.29 is 0 Å². The Morgan fingerprint density at radius 3 is 0.717 bits per heavy atom. The Balaban J connectivity index is 0.000000281. The SMILES string of the molecule is CC.CC.CC.CC.CC.CC.Cc1c(C)c2ccccc2c2ccccc12.Cc1cc2cc3ccccc3cc2cc1C.Cc1cc2ccccc2cc1C.Cc1ccc2cc3ccccc3cc2c1C.Cc1ccc2ccccc2c1C.Cc1ccccc1C. The lowest BCUT2D eigenvalue weighted by atomic mass is 9.93. The van der Waals surface area contributed by atoms with Gasteiger partial charge in [0.2, 0.25) is 0 Å². The Labute approximate surface area is 558 Å². The normalized spacial score (nSPS) is 9.74. The topological polar surface area (TPSA) is 0 Å². The highest BCUT2D eigenvalue weighted by molar-refractivity contribution is 6.10. The van der Waals surface area contributed by atoms with Crippen LogP contribution in [0.15, 0.2) is 243 Å². The maximum absolute atomic E-state index is 2.30. The van der Waals surface area contributed by atoms with Gasteiger partial charge in [0, 0.05) is 0 Å². The molecule has 0 fully saturated rings. The van der Waals surface area contributed by atoms with E-state index in [1.54, 1.807) is 0 Å². The Morgan fingerprint density at radius 2 is 0.370 bits per heavy atom. The summed E-state index contributed by atoms with van der Waals surface area (Å²) in [6.07, 6.45) is 0. The molecule has 0 heteroatoms. The van der Waals surface area contributed by atoms with E-state index in [1.807, 2.05) is 83.1 Å². The quantitative estimate of drug-likeness (QED) is 0.105. The third kappa shape index (κ3) is 20.8. The molecule has 0 aliphatic carbocycles. The summed E-state index contributed by atoms with van der Waals surface area (Å²) in [5, 5.41) is 21.5. The zero-order valence-corrected chi connectivity index (χ0v) is 61.1. The predicted octanol–water partition coefficient (Wildman–Crippen LogP) is 29.2. The number of hydrogen-bond acceptors (Lipinski definition) is 0. The molecule has 0 amide bonds. The first-order valence-electron chi connectivity index (χ1n) is 34.2. The number of hydrogen-bond donors (Lipinski definition) is 0. The van der Waals surface area contributed by atoms with E-state index < -0.39 is 0 Å². The Bertz CT molecular complexity index is 4280. The van der Waals surface area contributed by atoms with E-state index in [2.05, 4.69) is 326 Å². The molecule has 480 valence electrons. The minimum atomic E-state index is 1.32. The van der Waals surface area contributed by atoms with Crippen molar-refractivity contribution in [3.05, 3.63) is 309 Å². The second-order valence-corrected chi connectivity index (χ2v) is 21.8. The molecule has 0 bridgehead atoms. The van der Waals surface area contributed by atoms with E-state index in [4.69, 9.17) is 0 Å². The maximum Gasteiger partial charge on any atom is -0.0103 e. The fraction of sp³-hybridized carbons (Fsp3) is 0.261. The fourth-order valence-electron chi connectivity index (χ4n) is 10.7. The lowest BCUT2D eigenvalue weighted by Crippen LogP contribution is -1.87. The predicted molar refractivity (Wildman–Crippen MR) is 424 cm³/mol. The fourth-order valence-corrected chi connectivity index (χ4v) is 10.7. The number of benzene rings is 14. The molecule has 14 aromatic carbocycles. The van der Waals surface area contributed by atoms with Gasteiger partial charge in [-0.2, -0.15) is 0 Å². The van der Waals surface area contributed by atoms with Crippen LogP contribution in [-0.2, 0) is 0 Å². The van der Waals surface area contributed by atoms with Gasteiger partial charge in [-0.15, -0.1) is 0 Å². The third-order valence-corrected chi connectivity index (χ3v) is 16.5. The molecule has 0 saturated carbocycles. The summed E-state index contributed by atoms with van der Waals surface area (Å²) in [6.45, 7) is 50.0. The number of rotatable bonds is 0. The van der Waals surface area contributed by atoms with E-state index >= 15 is 0 Å². The molecule has 0 spiro atoms. The Morgan fingerprint density at radius 1 is 0.130 bits per heavy atom. The summed E-state index contributed by atoms with van der Waals surface area (Å²) < 4.78 is 0. The van der Waals surface area contributed by atoms with Crippen LogP contribution in [-0.4, -0.2) is 0 Å². The van der Waals surface area contributed by atoms with Crippen LogP contribution >= 0.6 is 0 Å². The van der Waals surface area contributed by atoms with E-state index in [0.717, 1.165) is 0 Å². The van der Waals surface area contributed by atoms with E-state index in [1.165, 1.54) is 153 Å². The molecular weight excluding hydrogens is 1110 g/mol. The highest BCUT2D eigenvalue weighted by Crippen LogP contribution is 2.32. The lowest BCUT2D eigenvalue weighted by molar-refractivity contribution is 1.34. The summed E-state index contributed by atoms with van der Waals surface area (Å²) >= 11 is 0. The molecule has 14 aromatic rings. The first kappa shape index (κ1) is 77.4. The molecule has 0 unspecified atom stereocenters. The molecule has 0 aliphatic rings. The van der Waals surface area contributed by atoms with Crippen LogP contribution in [0.5, 0.6) is 0 Å². The van der Waals surface area contributed by atoms with Crippen molar-refractivity contribution in [2.24, 2.45) is 0 Å². The summed E-state index contributed by atoms with van der Waals surface area (Å²) in [6, 6.07) is 86.6. The van der Waals surface area contributed by atoms with E-state index in [9.17, 15) is 0 Å². The zero-order valence-electron chi connectivity index (χ0n) is 61.1. The molecule has 14 rings (SSSR count). The average Bonchev–Trinajstić information content (AvgIpc) is 0.801. The largest absolute Gasteiger partial charge is 0.0683 e. The maximum atomic E-state index is 2.30. The number of fused-ring (bicyclic) bond motifs is 9. The summed E-state index contributed by atoms with van der Waals surface area (Å²) in [5.41, 5.74) is 16.5. The van der Waals surface area contributed by atoms with Gasteiger partial charge in [-0.25, -0.2) is 0 Å². The molecule has 92 heavy (non-hydrogen) atoms. The monoisotopic (exact) mass is 1220 g/mol. The van der Waals surface area contributed by atoms with Crippen LogP contribution < -0.4 is 0 Å². The first-order valence-corrected chi connectivity index (χ1v) is 34.2. The molecule has 0 heterocycles. The molecule has 0 N–H and O–H groups in total. The highest BCUT2D eigenvalue weighted by Gasteiger charge is 2.08. The number of aryl methyl sites for hydroxylation is 12.